The van der Waals surface area contributed by atoms with Gasteiger partial charge in [0.15, 0.2) is 12.6 Å². The fraction of sp³-hybridized carbons (Fsp3) is 0.971. The van der Waals surface area contributed by atoms with Crippen LogP contribution < -0.4 is 0 Å². The highest BCUT2D eigenvalue weighted by Crippen LogP contribution is 2.41. The SMILES string of the molecule is CO[C@]1(C)CC(O[C@H]2[C@H](C)[C@@H](O[C@@H]3O[C@H](C)C[C@H](N(C)C)[C@H]3O)[C@@](C)(OC)C[C@@H](C)[C@H](O)[C@H](C)N(C)CCOC(=O)[C@@H]2C)O[C@@H](C)[C@@H]1O. The molecule has 0 amide bonds. The summed E-state index contributed by atoms with van der Waals surface area (Å²) in [6.45, 7) is 15.7. The normalized spacial score (nSPS) is 47.8. The number of aliphatic hydroxyl groups is 3. The van der Waals surface area contributed by atoms with E-state index in [1.165, 1.54) is 0 Å². The molecule has 3 aliphatic rings. The van der Waals surface area contributed by atoms with Crippen molar-refractivity contribution in [3.63, 3.8) is 0 Å². The molecule has 13 heteroatoms. The van der Waals surface area contributed by atoms with Crippen molar-refractivity contribution in [2.75, 3.05) is 48.5 Å². The van der Waals surface area contributed by atoms with Crippen LogP contribution in [0.25, 0.3) is 0 Å². The molecular weight excluding hydrogens is 624 g/mol. The summed E-state index contributed by atoms with van der Waals surface area (Å²) in [5, 5.41) is 33.9. The van der Waals surface area contributed by atoms with E-state index in [2.05, 4.69) is 0 Å². The second-order valence-electron chi connectivity index (χ2n) is 15.4. The number of esters is 1. The first kappa shape index (κ1) is 41.5. The van der Waals surface area contributed by atoms with Crippen LogP contribution in [0.15, 0.2) is 0 Å². The van der Waals surface area contributed by atoms with E-state index in [9.17, 15) is 20.1 Å². The molecule has 13 nitrogen and oxygen atoms in total. The molecule has 3 heterocycles. The Morgan fingerprint density at radius 3 is 2.10 bits per heavy atom. The molecule has 3 rings (SSSR count). The molecule has 1 unspecified atom stereocenters. The van der Waals surface area contributed by atoms with Gasteiger partial charge in [-0.1, -0.05) is 13.8 Å². The lowest BCUT2D eigenvalue weighted by Gasteiger charge is -2.50. The van der Waals surface area contributed by atoms with Crippen molar-refractivity contribution >= 4 is 5.97 Å². The molecule has 0 aromatic carbocycles. The van der Waals surface area contributed by atoms with Crippen LogP contribution in [0.3, 0.4) is 0 Å². The standard InChI is InChI=1S/C35H66N2O11/c1-19-17-35(8,43-13)31(48-33-28(39)25(36(9)10)16-20(2)45-33)21(3)29(47-26-18-34(7,42-12)30(40)24(6)46-26)22(4)32(41)44-15-14-37(11)23(5)27(19)38/h19-31,33,38-40H,14-18H2,1-13H3/t19-,20-,21+,22-,23+,24+,25+,26?,27+,28-,29+,30+,31-,33+,34-,35+/m1/s1. The van der Waals surface area contributed by atoms with Crippen LogP contribution in [-0.2, 0) is 38.0 Å². The molecule has 0 spiro atoms. The third kappa shape index (κ3) is 9.27. The second kappa shape index (κ2) is 17.0. The Morgan fingerprint density at radius 1 is 0.896 bits per heavy atom. The lowest BCUT2D eigenvalue weighted by Crippen LogP contribution is -2.61. The molecule has 282 valence electrons. The maximum Gasteiger partial charge on any atom is 0.311 e. The van der Waals surface area contributed by atoms with Crippen molar-refractivity contribution in [3.8, 4) is 0 Å². The van der Waals surface area contributed by atoms with Crippen molar-refractivity contribution in [1.82, 2.24) is 9.80 Å². The number of carbonyl (C=O) groups excluding carboxylic acids is 1. The van der Waals surface area contributed by atoms with Gasteiger partial charge >= 0.3 is 5.97 Å². The number of carbonyl (C=O) groups is 1. The van der Waals surface area contributed by atoms with Crippen molar-refractivity contribution < 1.29 is 53.3 Å². The van der Waals surface area contributed by atoms with Gasteiger partial charge < -0.3 is 53.4 Å². The molecule has 3 aliphatic heterocycles. The predicted molar refractivity (Wildman–Crippen MR) is 179 cm³/mol. The lowest BCUT2D eigenvalue weighted by atomic mass is 9.76. The predicted octanol–water partition coefficient (Wildman–Crippen LogP) is 2.03. The number of aliphatic hydroxyl groups excluding tert-OH is 3. The molecule has 3 saturated heterocycles. The molecule has 0 aromatic heterocycles. The van der Waals surface area contributed by atoms with Crippen LogP contribution in [0.2, 0.25) is 0 Å². The third-order valence-corrected chi connectivity index (χ3v) is 11.5. The fourth-order valence-corrected chi connectivity index (χ4v) is 7.83. The molecule has 3 N–H and O–H groups in total. The molecule has 0 bridgehead atoms. The van der Waals surface area contributed by atoms with Gasteiger partial charge in [0.2, 0.25) is 0 Å². The molecule has 0 aliphatic carbocycles. The zero-order chi connectivity index (χ0) is 36.3. The van der Waals surface area contributed by atoms with Gasteiger partial charge in [-0.3, -0.25) is 9.69 Å². The Bertz CT molecular complexity index is 1020. The highest BCUT2D eigenvalue weighted by atomic mass is 16.7. The molecule has 3 fully saturated rings. The maximum absolute atomic E-state index is 13.7. The Kier molecular flexibility index (Phi) is 14.7. The van der Waals surface area contributed by atoms with E-state index in [1.54, 1.807) is 28.1 Å². The summed E-state index contributed by atoms with van der Waals surface area (Å²) in [6, 6.07) is -0.441. The minimum Gasteiger partial charge on any atom is -0.464 e. The van der Waals surface area contributed by atoms with E-state index in [4.69, 9.17) is 33.2 Å². The zero-order valence-corrected chi connectivity index (χ0v) is 31.6. The van der Waals surface area contributed by atoms with E-state index in [-0.39, 0.29) is 37.1 Å². The molecule has 0 aromatic rings. The average molecular weight is 691 g/mol. The van der Waals surface area contributed by atoms with Gasteiger partial charge in [-0.15, -0.1) is 0 Å². The number of ether oxygens (including phenoxy) is 7. The van der Waals surface area contributed by atoms with Crippen molar-refractivity contribution in [2.45, 2.75) is 153 Å². The van der Waals surface area contributed by atoms with Gasteiger partial charge in [-0.05, 0) is 81.4 Å². The number of hydrogen-bond acceptors (Lipinski definition) is 13. The van der Waals surface area contributed by atoms with Gasteiger partial charge in [-0.25, -0.2) is 0 Å². The third-order valence-electron chi connectivity index (χ3n) is 11.5. The van der Waals surface area contributed by atoms with E-state index in [1.807, 2.05) is 72.5 Å². The van der Waals surface area contributed by atoms with Gasteiger partial charge in [0.25, 0.3) is 0 Å². The van der Waals surface area contributed by atoms with Crippen molar-refractivity contribution in [1.29, 1.82) is 0 Å². The Hall–Kier alpha value is -0.970. The van der Waals surface area contributed by atoms with Gasteiger partial charge in [0.1, 0.15) is 18.8 Å². The van der Waals surface area contributed by atoms with Crippen LogP contribution >= 0.6 is 0 Å². The number of nitrogens with zero attached hydrogens (tertiary/aromatic N) is 2. The largest absolute Gasteiger partial charge is 0.464 e. The molecule has 0 radical (unpaired) electrons. The van der Waals surface area contributed by atoms with Gasteiger partial charge in [0.05, 0.1) is 47.6 Å². The van der Waals surface area contributed by atoms with E-state index in [0.29, 0.717) is 19.4 Å². The summed E-state index contributed by atoms with van der Waals surface area (Å²) in [4.78, 5) is 17.7. The van der Waals surface area contributed by atoms with Crippen molar-refractivity contribution in [3.05, 3.63) is 0 Å². The van der Waals surface area contributed by atoms with E-state index < -0.39 is 78.2 Å². The summed E-state index contributed by atoms with van der Waals surface area (Å²) in [6.07, 6.45) is -5.61. The van der Waals surface area contributed by atoms with E-state index >= 15 is 0 Å². The van der Waals surface area contributed by atoms with Crippen LogP contribution in [0, 0.1) is 17.8 Å². The number of hydrogen-bond donors (Lipinski definition) is 3. The Balaban J connectivity index is 2.12. The topological polar surface area (TPSA) is 149 Å². The summed E-state index contributed by atoms with van der Waals surface area (Å²) in [5.41, 5.74) is -1.99. The summed E-state index contributed by atoms with van der Waals surface area (Å²) < 4.78 is 43.8. The molecule has 16 atom stereocenters. The highest BCUT2D eigenvalue weighted by molar-refractivity contribution is 5.72. The van der Waals surface area contributed by atoms with Gasteiger partial charge in [-0.2, -0.15) is 0 Å². The first-order chi connectivity index (χ1) is 22.3. The van der Waals surface area contributed by atoms with Crippen LogP contribution in [0.1, 0.15) is 74.7 Å². The quantitative estimate of drug-likeness (QED) is 0.335. The first-order valence-electron chi connectivity index (χ1n) is 17.6. The van der Waals surface area contributed by atoms with Crippen LogP contribution in [0.5, 0.6) is 0 Å². The average Bonchev–Trinajstić information content (AvgIpc) is 3.03. The second-order valence-corrected chi connectivity index (χ2v) is 15.4. The zero-order valence-electron chi connectivity index (χ0n) is 31.6. The maximum atomic E-state index is 13.7. The smallest absolute Gasteiger partial charge is 0.311 e. The van der Waals surface area contributed by atoms with Crippen LogP contribution in [-0.4, -0.2) is 158 Å². The summed E-state index contributed by atoms with van der Waals surface area (Å²) >= 11 is 0. The first-order valence-corrected chi connectivity index (χ1v) is 17.6. The minimum atomic E-state index is -1.04. The summed E-state index contributed by atoms with van der Waals surface area (Å²) in [7, 11) is 8.88. The molecule has 48 heavy (non-hydrogen) atoms. The molecular formula is C35H66N2O11. The monoisotopic (exact) mass is 690 g/mol. The van der Waals surface area contributed by atoms with E-state index in [0.717, 1.165) is 0 Å². The highest BCUT2D eigenvalue weighted by Gasteiger charge is 2.52. The Labute approximate surface area is 288 Å². The van der Waals surface area contributed by atoms with Crippen LogP contribution in [0.4, 0.5) is 0 Å². The number of cyclic esters (lactones) is 1. The number of likely N-dealkylation sites (N-methyl/N-ethyl adjacent to an activating group) is 2. The lowest BCUT2D eigenvalue weighted by molar-refractivity contribution is -0.319. The van der Waals surface area contributed by atoms with Crippen molar-refractivity contribution in [2.24, 2.45) is 17.8 Å². The number of rotatable bonds is 7. The fourth-order valence-electron chi connectivity index (χ4n) is 7.83. The number of methoxy groups -OCH3 is 2. The Morgan fingerprint density at radius 2 is 1.52 bits per heavy atom. The van der Waals surface area contributed by atoms with Gasteiger partial charge in [0, 0.05) is 45.2 Å². The summed E-state index contributed by atoms with van der Waals surface area (Å²) in [5.74, 6) is -2.02. The minimum absolute atomic E-state index is 0.138. The molecule has 0 saturated carbocycles.